The summed E-state index contributed by atoms with van der Waals surface area (Å²) in [6.45, 7) is 2.21. The Bertz CT molecular complexity index is 1300. The molecule has 4 atom stereocenters. The van der Waals surface area contributed by atoms with Gasteiger partial charge in [0, 0.05) is 23.0 Å². The van der Waals surface area contributed by atoms with Gasteiger partial charge < -0.3 is 26.4 Å². The van der Waals surface area contributed by atoms with Gasteiger partial charge in [-0.25, -0.2) is 4.79 Å². The molecule has 1 fully saturated rings. The van der Waals surface area contributed by atoms with Crippen molar-refractivity contribution in [1.82, 2.24) is 16.0 Å². The molecular formula is C29H33ClF2N4O6. The highest BCUT2D eigenvalue weighted by Crippen LogP contribution is 2.43. The molecule has 1 aliphatic heterocycles. The molecule has 0 aromatic heterocycles. The van der Waals surface area contributed by atoms with Crippen molar-refractivity contribution >= 4 is 41.2 Å². The highest BCUT2D eigenvalue weighted by Gasteiger charge is 2.46. The molecule has 5 N–H and O–H groups in total. The molecule has 0 aliphatic carbocycles. The first kappa shape index (κ1) is 32.5. The van der Waals surface area contributed by atoms with E-state index in [2.05, 4.69) is 16.0 Å². The van der Waals surface area contributed by atoms with Crippen molar-refractivity contribution in [3.05, 3.63) is 70.7 Å². The van der Waals surface area contributed by atoms with Gasteiger partial charge in [-0.15, -0.1) is 0 Å². The standard InChI is InChI=1S/C29H33ClF2N4O6/c1-2-3-12-21(27(40)35-22(23(37)25(33)38)15-18-13-14-34-26(18)39)36-28(41)42-24(17-8-5-4-6-9-17)29(31,32)19-10-7-11-20(30)16-19/h4-11,16,18,21-22,24H,2-3,12-15H2,1H3,(H2,33,38)(H,34,39)(H,35,40)(H,36,41)/t18-,21-,22-,24?/m0/s1. The molecule has 4 amide bonds. The number of primary amides is 1. The number of carbonyl (C=O) groups is 5. The normalized spacial score (nSPS) is 17.0. The van der Waals surface area contributed by atoms with Gasteiger partial charge in [-0.05, 0) is 37.0 Å². The molecule has 42 heavy (non-hydrogen) atoms. The maximum Gasteiger partial charge on any atom is 0.408 e. The van der Waals surface area contributed by atoms with E-state index in [0.29, 0.717) is 25.8 Å². The van der Waals surface area contributed by atoms with Gasteiger partial charge in [0.2, 0.25) is 17.6 Å². The Morgan fingerprint density at radius 2 is 1.81 bits per heavy atom. The number of unbranched alkanes of at least 4 members (excludes halogenated alkanes) is 1. The Hall–Kier alpha value is -4.06. The third-order valence-electron chi connectivity index (χ3n) is 6.88. The molecule has 1 saturated heterocycles. The van der Waals surface area contributed by atoms with Crippen LogP contribution in [0, 0.1) is 5.92 Å². The average Bonchev–Trinajstić information content (AvgIpc) is 3.37. The van der Waals surface area contributed by atoms with Crippen LogP contribution in [0.4, 0.5) is 13.6 Å². The molecule has 0 bridgehead atoms. The van der Waals surface area contributed by atoms with Gasteiger partial charge in [-0.1, -0.05) is 73.8 Å². The molecule has 2 aromatic rings. The number of carbonyl (C=O) groups excluding carboxylic acids is 5. The topological polar surface area (TPSA) is 157 Å². The van der Waals surface area contributed by atoms with E-state index in [1.54, 1.807) is 6.07 Å². The van der Waals surface area contributed by atoms with Crippen molar-refractivity contribution in [2.45, 2.75) is 63.1 Å². The summed E-state index contributed by atoms with van der Waals surface area (Å²) >= 11 is 5.93. The molecule has 2 aromatic carbocycles. The predicted octanol–water partition coefficient (Wildman–Crippen LogP) is 3.52. The zero-order valence-corrected chi connectivity index (χ0v) is 23.7. The minimum Gasteiger partial charge on any atom is -0.434 e. The Labute approximate surface area is 246 Å². The molecule has 226 valence electrons. The number of ketones is 1. The quantitative estimate of drug-likeness (QED) is 0.241. The number of hydrogen-bond acceptors (Lipinski definition) is 6. The fourth-order valence-electron chi connectivity index (χ4n) is 4.62. The number of nitrogens with one attached hydrogen (secondary N) is 3. The molecule has 1 heterocycles. The number of halogens is 3. The Balaban J connectivity index is 1.82. The second kappa shape index (κ2) is 14.7. The van der Waals surface area contributed by atoms with E-state index >= 15 is 8.78 Å². The Kier molecular flexibility index (Phi) is 11.4. The molecule has 1 aliphatic rings. The molecule has 10 nitrogen and oxygen atoms in total. The van der Waals surface area contributed by atoms with Gasteiger partial charge in [0.15, 0.2) is 6.10 Å². The van der Waals surface area contributed by atoms with Crippen LogP contribution in [0.5, 0.6) is 0 Å². The molecule has 0 saturated carbocycles. The van der Waals surface area contributed by atoms with Crippen LogP contribution in [-0.2, 0) is 29.8 Å². The average molecular weight is 607 g/mol. The highest BCUT2D eigenvalue weighted by atomic mass is 35.5. The number of benzene rings is 2. The molecule has 0 spiro atoms. The van der Waals surface area contributed by atoms with Gasteiger partial charge >= 0.3 is 12.0 Å². The zero-order valence-electron chi connectivity index (χ0n) is 22.9. The van der Waals surface area contributed by atoms with Crippen LogP contribution < -0.4 is 21.7 Å². The Morgan fingerprint density at radius 3 is 2.40 bits per heavy atom. The third-order valence-corrected chi connectivity index (χ3v) is 7.11. The van der Waals surface area contributed by atoms with Crippen LogP contribution in [0.3, 0.4) is 0 Å². The second-order valence-electron chi connectivity index (χ2n) is 9.97. The van der Waals surface area contributed by atoms with E-state index in [9.17, 15) is 24.0 Å². The van der Waals surface area contributed by atoms with Crippen LogP contribution in [0.25, 0.3) is 0 Å². The van der Waals surface area contributed by atoms with Crippen LogP contribution in [0.15, 0.2) is 54.6 Å². The van der Waals surface area contributed by atoms with Crippen molar-refractivity contribution in [2.75, 3.05) is 6.54 Å². The van der Waals surface area contributed by atoms with E-state index in [1.807, 2.05) is 6.92 Å². The fourth-order valence-corrected chi connectivity index (χ4v) is 4.81. The first-order chi connectivity index (χ1) is 19.9. The molecule has 0 radical (unpaired) electrons. The Morgan fingerprint density at radius 1 is 1.10 bits per heavy atom. The van der Waals surface area contributed by atoms with Crippen LogP contribution in [-0.4, -0.2) is 48.2 Å². The van der Waals surface area contributed by atoms with Gasteiger partial charge in [0.1, 0.15) is 6.04 Å². The molecule has 3 rings (SSSR count). The summed E-state index contributed by atoms with van der Waals surface area (Å²) in [5.41, 5.74) is 4.67. The lowest BCUT2D eigenvalue weighted by atomic mass is 9.95. The van der Waals surface area contributed by atoms with Gasteiger partial charge in [0.25, 0.3) is 5.91 Å². The van der Waals surface area contributed by atoms with Crippen molar-refractivity contribution in [3.63, 3.8) is 0 Å². The number of alkyl carbamates (subject to hydrolysis) is 1. The number of rotatable bonds is 14. The first-order valence-electron chi connectivity index (χ1n) is 13.5. The summed E-state index contributed by atoms with van der Waals surface area (Å²) in [6.07, 6.45) is -2.05. The lowest BCUT2D eigenvalue weighted by Gasteiger charge is -2.29. The van der Waals surface area contributed by atoms with Gasteiger partial charge in [-0.2, -0.15) is 8.78 Å². The summed E-state index contributed by atoms with van der Waals surface area (Å²) in [6, 6.07) is 9.64. The number of hydrogen-bond donors (Lipinski definition) is 4. The minimum absolute atomic E-state index is 0.00542. The summed E-state index contributed by atoms with van der Waals surface area (Å²) in [7, 11) is 0. The van der Waals surface area contributed by atoms with E-state index in [-0.39, 0.29) is 29.3 Å². The van der Waals surface area contributed by atoms with Crippen LogP contribution >= 0.6 is 11.6 Å². The van der Waals surface area contributed by atoms with Crippen molar-refractivity contribution in [1.29, 1.82) is 0 Å². The number of nitrogens with two attached hydrogens (primary N) is 1. The third kappa shape index (κ3) is 8.48. The van der Waals surface area contributed by atoms with E-state index in [1.165, 1.54) is 36.4 Å². The maximum absolute atomic E-state index is 15.8. The van der Waals surface area contributed by atoms with Crippen molar-refractivity contribution in [2.24, 2.45) is 11.7 Å². The summed E-state index contributed by atoms with van der Waals surface area (Å²) in [4.78, 5) is 62.4. The maximum atomic E-state index is 15.8. The zero-order chi connectivity index (χ0) is 30.9. The molecule has 13 heteroatoms. The minimum atomic E-state index is -3.72. The first-order valence-corrected chi connectivity index (χ1v) is 13.9. The largest absolute Gasteiger partial charge is 0.434 e. The van der Waals surface area contributed by atoms with Crippen LogP contribution in [0.1, 0.15) is 56.3 Å². The summed E-state index contributed by atoms with van der Waals surface area (Å²) in [5.74, 6) is -7.95. The smallest absolute Gasteiger partial charge is 0.408 e. The van der Waals surface area contributed by atoms with E-state index in [0.717, 1.165) is 12.1 Å². The SMILES string of the molecule is CCCC[C@H](NC(=O)OC(c1ccccc1)C(F)(F)c1cccc(Cl)c1)C(=O)N[C@@H](C[C@@H]1CCNC1=O)C(=O)C(N)=O. The van der Waals surface area contributed by atoms with Crippen molar-refractivity contribution < 1.29 is 37.5 Å². The number of Topliss-reactive ketones (excluding diaryl/α,β-unsaturated/α-hetero) is 1. The number of ether oxygens (including phenoxy) is 1. The second-order valence-corrected chi connectivity index (χ2v) is 10.4. The highest BCUT2D eigenvalue weighted by molar-refractivity contribution is 6.38. The molecular weight excluding hydrogens is 574 g/mol. The van der Waals surface area contributed by atoms with E-state index < -0.39 is 59.3 Å². The number of amides is 4. The summed E-state index contributed by atoms with van der Waals surface area (Å²) in [5, 5.41) is 7.40. The van der Waals surface area contributed by atoms with Gasteiger partial charge in [0.05, 0.1) is 6.04 Å². The van der Waals surface area contributed by atoms with Crippen molar-refractivity contribution in [3.8, 4) is 0 Å². The predicted molar refractivity (Wildman–Crippen MR) is 149 cm³/mol. The summed E-state index contributed by atoms with van der Waals surface area (Å²) < 4.78 is 36.8. The van der Waals surface area contributed by atoms with Crippen LogP contribution in [0.2, 0.25) is 5.02 Å². The fraction of sp³-hybridized carbons (Fsp3) is 0.414. The van der Waals surface area contributed by atoms with E-state index in [4.69, 9.17) is 22.1 Å². The lowest BCUT2D eigenvalue weighted by molar-refractivity contribution is -0.139. The molecule has 1 unspecified atom stereocenters. The number of alkyl halides is 2. The monoisotopic (exact) mass is 606 g/mol. The lowest BCUT2D eigenvalue weighted by Crippen LogP contribution is -2.54. The van der Waals surface area contributed by atoms with Gasteiger partial charge in [-0.3, -0.25) is 19.2 Å².